The van der Waals surface area contributed by atoms with E-state index < -0.39 is 11.9 Å². The molecule has 1 aromatic heterocycles. The molecule has 0 atom stereocenters. The highest BCUT2D eigenvalue weighted by molar-refractivity contribution is 6.30. The molecule has 2 N–H and O–H groups in total. The van der Waals surface area contributed by atoms with Gasteiger partial charge in [-0.3, -0.25) is 10.1 Å². The molecule has 0 unspecified atom stereocenters. The van der Waals surface area contributed by atoms with Crippen molar-refractivity contribution in [1.29, 1.82) is 0 Å². The summed E-state index contributed by atoms with van der Waals surface area (Å²) in [4.78, 5) is 24.7. The molecule has 8 nitrogen and oxygen atoms in total. The minimum absolute atomic E-state index is 0.152. The Labute approximate surface area is 143 Å². The van der Waals surface area contributed by atoms with Crippen molar-refractivity contribution in [2.45, 2.75) is 38.3 Å². The minimum Gasteiger partial charge on any atom is -0.335 e. The van der Waals surface area contributed by atoms with Crippen molar-refractivity contribution in [1.82, 2.24) is 30.8 Å². The van der Waals surface area contributed by atoms with Crippen molar-refractivity contribution < 1.29 is 9.59 Å². The molecule has 0 saturated heterocycles. The Bertz CT molecular complexity index is 724. The molecule has 126 valence electrons. The van der Waals surface area contributed by atoms with Gasteiger partial charge in [0.2, 0.25) is 5.82 Å². The second-order valence-electron chi connectivity index (χ2n) is 5.65. The van der Waals surface area contributed by atoms with E-state index in [0.29, 0.717) is 10.8 Å². The average molecular weight is 349 g/mol. The van der Waals surface area contributed by atoms with E-state index in [1.165, 1.54) is 0 Å². The predicted molar refractivity (Wildman–Crippen MR) is 87.2 cm³/mol. The Kier molecular flexibility index (Phi) is 5.05. The molecular formula is C15H17ClN6O2. The largest absolute Gasteiger partial charge is 0.335 e. The highest BCUT2D eigenvalue weighted by Crippen LogP contribution is 2.17. The fourth-order valence-electron chi connectivity index (χ4n) is 2.61. The van der Waals surface area contributed by atoms with Gasteiger partial charge in [-0.2, -0.15) is 4.80 Å². The van der Waals surface area contributed by atoms with Crippen molar-refractivity contribution in [3.63, 3.8) is 0 Å². The standard InChI is InChI=1S/C15H17ClN6O2/c16-11-7-5-10(6-8-11)14-19-21-22(20-14)9-13(23)18-15(24)17-12-3-1-2-4-12/h5-8,12H,1-4,9H2,(H2,17,18,23,24). The van der Waals surface area contributed by atoms with Crippen LogP contribution in [-0.2, 0) is 11.3 Å². The lowest BCUT2D eigenvalue weighted by Gasteiger charge is -2.11. The number of carbonyl (C=O) groups is 2. The lowest BCUT2D eigenvalue weighted by Crippen LogP contribution is -2.44. The molecule has 1 saturated carbocycles. The fourth-order valence-corrected chi connectivity index (χ4v) is 2.74. The van der Waals surface area contributed by atoms with Crippen LogP contribution < -0.4 is 10.6 Å². The summed E-state index contributed by atoms with van der Waals surface area (Å²) < 4.78 is 0. The molecule has 1 fully saturated rings. The molecule has 1 aliphatic rings. The van der Waals surface area contributed by atoms with Crippen LogP contribution in [0.1, 0.15) is 25.7 Å². The quantitative estimate of drug-likeness (QED) is 0.876. The third-order valence-electron chi connectivity index (χ3n) is 3.78. The van der Waals surface area contributed by atoms with Crippen LogP contribution >= 0.6 is 11.6 Å². The molecule has 0 spiro atoms. The van der Waals surface area contributed by atoms with Crippen LogP contribution in [0.25, 0.3) is 11.4 Å². The number of benzene rings is 1. The van der Waals surface area contributed by atoms with Crippen LogP contribution in [-0.4, -0.2) is 38.2 Å². The number of halogens is 1. The number of imide groups is 1. The van der Waals surface area contributed by atoms with Gasteiger partial charge in [0.15, 0.2) is 0 Å². The second kappa shape index (κ2) is 7.39. The van der Waals surface area contributed by atoms with Gasteiger partial charge >= 0.3 is 6.03 Å². The van der Waals surface area contributed by atoms with Gasteiger partial charge < -0.3 is 5.32 Å². The first-order chi connectivity index (χ1) is 11.6. The minimum atomic E-state index is -0.495. The SMILES string of the molecule is O=C(Cn1nnc(-c2ccc(Cl)cc2)n1)NC(=O)NC1CCCC1. The molecule has 3 amide bonds. The summed E-state index contributed by atoms with van der Waals surface area (Å²) in [5, 5.41) is 17.5. The Morgan fingerprint density at radius 1 is 1.21 bits per heavy atom. The summed E-state index contributed by atoms with van der Waals surface area (Å²) in [7, 11) is 0. The van der Waals surface area contributed by atoms with Crippen LogP contribution in [0.2, 0.25) is 5.02 Å². The Hall–Kier alpha value is -2.48. The Balaban J connectivity index is 1.53. The molecular weight excluding hydrogens is 332 g/mol. The van der Waals surface area contributed by atoms with Crippen molar-refractivity contribution in [2.24, 2.45) is 0 Å². The summed E-state index contributed by atoms with van der Waals surface area (Å²) in [6.07, 6.45) is 4.12. The number of hydrogen-bond donors (Lipinski definition) is 2. The van der Waals surface area contributed by atoms with Crippen LogP contribution in [0.3, 0.4) is 0 Å². The van der Waals surface area contributed by atoms with Crippen LogP contribution in [0.4, 0.5) is 4.79 Å². The van der Waals surface area contributed by atoms with E-state index >= 15 is 0 Å². The molecule has 3 rings (SSSR count). The topological polar surface area (TPSA) is 102 Å². The summed E-state index contributed by atoms with van der Waals surface area (Å²) in [5.74, 6) is -0.111. The van der Waals surface area contributed by atoms with E-state index in [4.69, 9.17) is 11.6 Å². The number of tetrazole rings is 1. The van der Waals surface area contributed by atoms with E-state index in [2.05, 4.69) is 26.0 Å². The van der Waals surface area contributed by atoms with E-state index in [1.807, 2.05) is 0 Å². The van der Waals surface area contributed by atoms with Gasteiger partial charge in [0.05, 0.1) is 0 Å². The molecule has 1 aliphatic carbocycles. The van der Waals surface area contributed by atoms with Gasteiger partial charge in [0, 0.05) is 16.6 Å². The van der Waals surface area contributed by atoms with Gasteiger partial charge in [-0.1, -0.05) is 24.4 Å². The maximum atomic E-state index is 11.9. The number of rotatable bonds is 4. The van der Waals surface area contributed by atoms with Gasteiger partial charge in [0.25, 0.3) is 5.91 Å². The number of hydrogen-bond acceptors (Lipinski definition) is 5. The molecule has 1 heterocycles. The zero-order valence-electron chi connectivity index (χ0n) is 12.9. The third kappa shape index (κ3) is 4.29. The number of nitrogens with zero attached hydrogens (tertiary/aromatic N) is 4. The molecule has 1 aromatic carbocycles. The first-order valence-corrected chi connectivity index (χ1v) is 8.12. The number of aromatic nitrogens is 4. The number of carbonyl (C=O) groups excluding carboxylic acids is 2. The monoisotopic (exact) mass is 348 g/mol. The van der Waals surface area contributed by atoms with Crippen LogP contribution in [0.5, 0.6) is 0 Å². The van der Waals surface area contributed by atoms with Crippen molar-refractivity contribution in [3.8, 4) is 11.4 Å². The fraction of sp³-hybridized carbons (Fsp3) is 0.400. The zero-order valence-corrected chi connectivity index (χ0v) is 13.7. The average Bonchev–Trinajstić information content (AvgIpc) is 3.19. The number of nitrogens with one attached hydrogen (secondary N) is 2. The smallest absolute Gasteiger partial charge is 0.321 e. The zero-order chi connectivity index (χ0) is 16.9. The summed E-state index contributed by atoms with van der Waals surface area (Å²) in [6, 6.07) is 6.64. The summed E-state index contributed by atoms with van der Waals surface area (Å²) >= 11 is 5.83. The second-order valence-corrected chi connectivity index (χ2v) is 6.09. The lowest BCUT2D eigenvalue weighted by atomic mass is 10.2. The highest BCUT2D eigenvalue weighted by atomic mass is 35.5. The van der Waals surface area contributed by atoms with Gasteiger partial charge in [-0.15, -0.1) is 10.2 Å². The summed E-state index contributed by atoms with van der Waals surface area (Å²) in [6.45, 7) is -0.182. The molecule has 0 aliphatic heterocycles. The Morgan fingerprint density at radius 3 is 2.62 bits per heavy atom. The molecule has 24 heavy (non-hydrogen) atoms. The maximum Gasteiger partial charge on any atom is 0.321 e. The molecule has 2 aromatic rings. The van der Waals surface area contributed by atoms with Crippen LogP contribution in [0, 0.1) is 0 Å². The van der Waals surface area contributed by atoms with Crippen molar-refractivity contribution in [2.75, 3.05) is 0 Å². The van der Waals surface area contributed by atoms with E-state index in [-0.39, 0.29) is 12.6 Å². The first-order valence-electron chi connectivity index (χ1n) is 7.74. The van der Waals surface area contributed by atoms with Gasteiger partial charge in [0.1, 0.15) is 6.54 Å². The van der Waals surface area contributed by atoms with Crippen molar-refractivity contribution in [3.05, 3.63) is 29.3 Å². The third-order valence-corrected chi connectivity index (χ3v) is 4.04. The van der Waals surface area contributed by atoms with E-state index in [9.17, 15) is 9.59 Å². The number of amides is 3. The van der Waals surface area contributed by atoms with Gasteiger partial charge in [-0.05, 0) is 42.3 Å². The van der Waals surface area contributed by atoms with Crippen LogP contribution in [0.15, 0.2) is 24.3 Å². The van der Waals surface area contributed by atoms with E-state index in [1.54, 1.807) is 24.3 Å². The van der Waals surface area contributed by atoms with Gasteiger partial charge in [-0.25, -0.2) is 4.79 Å². The maximum absolute atomic E-state index is 11.9. The van der Waals surface area contributed by atoms with Crippen molar-refractivity contribution >= 4 is 23.5 Å². The highest BCUT2D eigenvalue weighted by Gasteiger charge is 2.18. The normalized spacial score (nSPS) is 14.5. The lowest BCUT2D eigenvalue weighted by molar-refractivity contribution is -0.121. The molecule has 0 radical (unpaired) electrons. The first kappa shape index (κ1) is 16.4. The summed E-state index contributed by atoms with van der Waals surface area (Å²) in [5.41, 5.74) is 0.741. The molecule has 0 bridgehead atoms. The predicted octanol–water partition coefficient (Wildman–Crippen LogP) is 1.76. The number of urea groups is 1. The molecule has 9 heteroatoms. The van der Waals surface area contributed by atoms with E-state index in [0.717, 1.165) is 36.0 Å². The Morgan fingerprint density at radius 2 is 1.92 bits per heavy atom.